The highest BCUT2D eigenvalue weighted by molar-refractivity contribution is 7.80. The highest BCUT2D eigenvalue weighted by atomic mass is 32.1. The van der Waals surface area contributed by atoms with E-state index in [9.17, 15) is 0 Å². The van der Waals surface area contributed by atoms with Crippen molar-refractivity contribution in [3.8, 4) is 0 Å². The van der Waals surface area contributed by atoms with Crippen LogP contribution in [0.25, 0.3) is 0 Å². The first-order valence-corrected chi connectivity index (χ1v) is 6.97. The van der Waals surface area contributed by atoms with E-state index in [0.717, 1.165) is 23.4 Å². The van der Waals surface area contributed by atoms with Crippen molar-refractivity contribution in [3.05, 3.63) is 59.9 Å². The summed E-state index contributed by atoms with van der Waals surface area (Å²) in [5, 5.41) is 10.2. The molecule has 0 aliphatic carbocycles. The van der Waals surface area contributed by atoms with Crippen LogP contribution in [0.1, 0.15) is 23.7 Å². The Morgan fingerprint density at radius 3 is 2.75 bits per heavy atom. The first kappa shape index (κ1) is 12.9. The fourth-order valence-electron chi connectivity index (χ4n) is 2.41. The van der Waals surface area contributed by atoms with Crippen molar-refractivity contribution >= 4 is 23.0 Å². The zero-order chi connectivity index (χ0) is 13.9. The van der Waals surface area contributed by atoms with Crippen LogP contribution in [0.2, 0.25) is 0 Å². The number of rotatable bonds is 2. The molecule has 1 aromatic carbocycles. The number of thiocarbonyl (C=S) groups is 1. The van der Waals surface area contributed by atoms with Crippen molar-refractivity contribution in [3.63, 3.8) is 0 Å². The van der Waals surface area contributed by atoms with Crippen LogP contribution in [0.15, 0.2) is 53.8 Å². The average Bonchev–Trinajstić information content (AvgIpc) is 3.16. The average molecular weight is 284 g/mol. The van der Waals surface area contributed by atoms with Crippen molar-refractivity contribution in [2.24, 2.45) is 5.10 Å². The first-order valence-electron chi connectivity index (χ1n) is 6.56. The fraction of sp³-hybridized carbons (Fsp3) is 0.200. The lowest BCUT2D eigenvalue weighted by molar-refractivity contribution is 0.361. The molecule has 1 atom stereocenters. The normalized spacial score (nSPS) is 17.9. The van der Waals surface area contributed by atoms with E-state index in [0.29, 0.717) is 5.11 Å². The van der Waals surface area contributed by atoms with Crippen LogP contribution in [-0.2, 0) is 0 Å². The van der Waals surface area contributed by atoms with Crippen LogP contribution in [-0.4, -0.2) is 27.9 Å². The molecular formula is C15H16N4S. The van der Waals surface area contributed by atoms with Crippen LogP contribution in [0.5, 0.6) is 0 Å². The molecule has 4 nitrogen and oxygen atoms in total. The van der Waals surface area contributed by atoms with Crippen LogP contribution < -0.4 is 5.32 Å². The van der Waals surface area contributed by atoms with Crippen molar-refractivity contribution < 1.29 is 0 Å². The maximum absolute atomic E-state index is 5.36. The summed E-state index contributed by atoms with van der Waals surface area (Å²) in [6, 6.07) is 14.4. The molecule has 2 heterocycles. The maximum atomic E-state index is 5.36. The molecule has 5 heteroatoms. The summed E-state index contributed by atoms with van der Waals surface area (Å²) < 4.78 is 0. The molecule has 1 aromatic heterocycles. The lowest BCUT2D eigenvalue weighted by Gasteiger charge is -2.22. The summed E-state index contributed by atoms with van der Waals surface area (Å²) in [5.41, 5.74) is 3.32. The monoisotopic (exact) mass is 284 g/mol. The van der Waals surface area contributed by atoms with Crippen LogP contribution in [0.4, 0.5) is 0 Å². The van der Waals surface area contributed by atoms with Crippen molar-refractivity contribution in [2.45, 2.75) is 12.5 Å². The van der Waals surface area contributed by atoms with Crippen molar-refractivity contribution in [1.82, 2.24) is 15.3 Å². The Bertz CT molecular complexity index is 619. The third-order valence-corrected chi connectivity index (χ3v) is 3.81. The molecule has 3 rings (SSSR count). The minimum Gasteiger partial charge on any atom is -0.364 e. The fourth-order valence-corrected chi connectivity index (χ4v) is 2.58. The van der Waals surface area contributed by atoms with Gasteiger partial charge in [-0.05, 0) is 29.9 Å². The molecule has 0 saturated heterocycles. The zero-order valence-corrected chi connectivity index (χ0v) is 12.0. The van der Waals surface area contributed by atoms with E-state index in [1.807, 2.05) is 42.5 Å². The molecule has 0 spiro atoms. The Balaban J connectivity index is 1.93. The van der Waals surface area contributed by atoms with E-state index < -0.39 is 0 Å². The van der Waals surface area contributed by atoms with E-state index in [1.54, 1.807) is 0 Å². The highest BCUT2D eigenvalue weighted by Crippen LogP contribution is 2.31. The zero-order valence-electron chi connectivity index (χ0n) is 11.2. The molecule has 2 aromatic rings. The smallest absolute Gasteiger partial charge is 0.190 e. The van der Waals surface area contributed by atoms with E-state index in [-0.39, 0.29) is 6.04 Å². The Morgan fingerprint density at radius 2 is 2.10 bits per heavy atom. The number of benzene rings is 1. The lowest BCUT2D eigenvalue weighted by Crippen LogP contribution is -2.34. The van der Waals surface area contributed by atoms with Crippen LogP contribution >= 0.6 is 12.2 Å². The SMILES string of the molecule is CNC(=S)N1N=C(c2ccccc2)CC1c1ccc[nH]1. The Labute approximate surface area is 123 Å². The van der Waals surface area contributed by atoms with Gasteiger partial charge in [0.25, 0.3) is 0 Å². The maximum Gasteiger partial charge on any atom is 0.190 e. The van der Waals surface area contributed by atoms with Crippen LogP contribution in [0.3, 0.4) is 0 Å². The molecule has 0 radical (unpaired) electrons. The van der Waals surface area contributed by atoms with E-state index >= 15 is 0 Å². The van der Waals surface area contributed by atoms with Gasteiger partial charge in [-0.1, -0.05) is 30.3 Å². The van der Waals surface area contributed by atoms with Gasteiger partial charge in [-0.15, -0.1) is 0 Å². The van der Waals surface area contributed by atoms with E-state index in [4.69, 9.17) is 17.3 Å². The summed E-state index contributed by atoms with van der Waals surface area (Å²) in [7, 11) is 1.82. The summed E-state index contributed by atoms with van der Waals surface area (Å²) in [6.45, 7) is 0. The predicted octanol–water partition coefficient (Wildman–Crippen LogP) is 2.67. The Kier molecular flexibility index (Phi) is 3.52. The molecule has 102 valence electrons. The van der Waals surface area contributed by atoms with E-state index in [2.05, 4.69) is 28.5 Å². The second-order valence-corrected chi connectivity index (χ2v) is 5.04. The third kappa shape index (κ3) is 2.32. The van der Waals surface area contributed by atoms with Gasteiger partial charge in [-0.25, -0.2) is 5.01 Å². The summed E-state index contributed by atoms with van der Waals surface area (Å²) in [4.78, 5) is 3.26. The van der Waals surface area contributed by atoms with Crippen LogP contribution in [0, 0.1) is 0 Å². The number of aromatic amines is 1. The number of nitrogens with zero attached hydrogens (tertiary/aromatic N) is 2. The number of H-pyrrole nitrogens is 1. The molecule has 0 fully saturated rings. The highest BCUT2D eigenvalue weighted by Gasteiger charge is 2.31. The van der Waals surface area contributed by atoms with Gasteiger partial charge in [-0.3, -0.25) is 0 Å². The molecule has 2 N–H and O–H groups in total. The molecule has 1 unspecified atom stereocenters. The Hall–Kier alpha value is -2.14. The molecule has 20 heavy (non-hydrogen) atoms. The standard InChI is InChI=1S/C15H16N4S/c1-16-15(20)19-14(12-8-5-9-17-12)10-13(18-19)11-6-3-2-4-7-11/h2-9,14,17H,10H2,1H3,(H,16,20). The minimum absolute atomic E-state index is 0.125. The lowest BCUT2D eigenvalue weighted by atomic mass is 10.0. The first-order chi connectivity index (χ1) is 9.79. The van der Waals surface area contributed by atoms with Gasteiger partial charge >= 0.3 is 0 Å². The topological polar surface area (TPSA) is 43.4 Å². The number of nitrogens with one attached hydrogen (secondary N) is 2. The quantitative estimate of drug-likeness (QED) is 0.833. The van der Waals surface area contributed by atoms with Gasteiger partial charge in [0.15, 0.2) is 5.11 Å². The second-order valence-electron chi connectivity index (χ2n) is 4.66. The number of hydrogen-bond acceptors (Lipinski definition) is 2. The number of hydrazone groups is 1. The van der Waals surface area contributed by atoms with Crippen molar-refractivity contribution in [2.75, 3.05) is 7.05 Å². The molecule has 0 bridgehead atoms. The number of aromatic nitrogens is 1. The minimum atomic E-state index is 0.125. The third-order valence-electron chi connectivity index (χ3n) is 3.42. The van der Waals surface area contributed by atoms with E-state index in [1.165, 1.54) is 0 Å². The van der Waals surface area contributed by atoms with Gasteiger partial charge in [0.05, 0.1) is 5.71 Å². The molecule has 1 aliphatic heterocycles. The second kappa shape index (κ2) is 5.46. The van der Waals surface area contributed by atoms with Gasteiger partial charge in [0.1, 0.15) is 6.04 Å². The summed E-state index contributed by atoms with van der Waals surface area (Å²) in [5.74, 6) is 0. The largest absolute Gasteiger partial charge is 0.364 e. The Morgan fingerprint density at radius 1 is 1.30 bits per heavy atom. The molecular weight excluding hydrogens is 268 g/mol. The van der Waals surface area contributed by atoms with Gasteiger partial charge in [0.2, 0.25) is 0 Å². The van der Waals surface area contributed by atoms with Crippen molar-refractivity contribution in [1.29, 1.82) is 0 Å². The molecule has 0 amide bonds. The molecule has 0 saturated carbocycles. The predicted molar refractivity (Wildman–Crippen MR) is 84.6 cm³/mol. The number of hydrogen-bond donors (Lipinski definition) is 2. The summed E-state index contributed by atoms with van der Waals surface area (Å²) in [6.07, 6.45) is 2.77. The van der Waals surface area contributed by atoms with Gasteiger partial charge < -0.3 is 10.3 Å². The van der Waals surface area contributed by atoms with Gasteiger partial charge in [0, 0.05) is 25.4 Å². The molecule has 1 aliphatic rings. The van der Waals surface area contributed by atoms with Gasteiger partial charge in [-0.2, -0.15) is 5.10 Å². The summed E-state index contributed by atoms with van der Waals surface area (Å²) >= 11 is 5.36.